The molecule has 1 aromatic carbocycles. The van der Waals surface area contributed by atoms with Gasteiger partial charge >= 0.3 is 0 Å². The van der Waals surface area contributed by atoms with Gasteiger partial charge in [0.2, 0.25) is 0 Å². The lowest BCUT2D eigenvalue weighted by Crippen LogP contribution is -2.27. The predicted molar refractivity (Wildman–Crippen MR) is 88.1 cm³/mol. The molecule has 1 fully saturated rings. The number of benzene rings is 1. The Hall–Kier alpha value is -0.740. The van der Waals surface area contributed by atoms with Crippen LogP contribution in [0, 0.1) is 5.92 Å². The Morgan fingerprint density at radius 3 is 2.48 bits per heavy atom. The Morgan fingerprint density at radius 2 is 1.81 bits per heavy atom. The van der Waals surface area contributed by atoms with Crippen molar-refractivity contribution in [2.24, 2.45) is 5.92 Å². The zero-order valence-electron chi connectivity index (χ0n) is 12.7. The third kappa shape index (κ3) is 3.37. The lowest BCUT2D eigenvalue weighted by atomic mass is 9.91. The summed E-state index contributed by atoms with van der Waals surface area (Å²) in [5.74, 6) is 2.49. The van der Waals surface area contributed by atoms with E-state index in [9.17, 15) is 0 Å². The highest BCUT2D eigenvalue weighted by Crippen LogP contribution is 2.42. The number of nitrogens with one attached hydrogen (secondary N) is 1. The number of halogens is 1. The number of hydrogen-bond donors (Lipinski definition) is 1. The van der Waals surface area contributed by atoms with E-state index in [1.54, 1.807) is 0 Å². The van der Waals surface area contributed by atoms with Gasteiger partial charge in [0, 0.05) is 16.9 Å². The van der Waals surface area contributed by atoms with Gasteiger partial charge in [0.05, 0.1) is 13.2 Å². The fraction of sp³-hybridized carbons (Fsp3) is 0.647. The van der Waals surface area contributed by atoms with E-state index < -0.39 is 0 Å². The van der Waals surface area contributed by atoms with Crippen molar-refractivity contribution in [1.82, 2.24) is 5.32 Å². The van der Waals surface area contributed by atoms with Crippen molar-refractivity contribution in [2.75, 3.05) is 19.8 Å². The second-order valence-corrected chi connectivity index (χ2v) is 6.81. The summed E-state index contributed by atoms with van der Waals surface area (Å²) in [6, 6.07) is 4.66. The first-order valence-electron chi connectivity index (χ1n) is 8.12. The van der Waals surface area contributed by atoms with Crippen LogP contribution >= 0.6 is 15.9 Å². The van der Waals surface area contributed by atoms with Crippen LogP contribution in [0.25, 0.3) is 0 Å². The lowest BCUT2D eigenvalue weighted by Gasteiger charge is -2.26. The summed E-state index contributed by atoms with van der Waals surface area (Å²) in [7, 11) is 0. The highest BCUT2D eigenvalue weighted by Gasteiger charge is 2.28. The van der Waals surface area contributed by atoms with Gasteiger partial charge in [0.15, 0.2) is 11.5 Å². The molecule has 0 bridgehead atoms. The van der Waals surface area contributed by atoms with Gasteiger partial charge < -0.3 is 14.8 Å². The molecule has 21 heavy (non-hydrogen) atoms. The molecule has 1 atom stereocenters. The van der Waals surface area contributed by atoms with E-state index in [-0.39, 0.29) is 0 Å². The minimum Gasteiger partial charge on any atom is -0.490 e. The molecule has 0 saturated heterocycles. The molecule has 1 saturated carbocycles. The zero-order valence-corrected chi connectivity index (χ0v) is 14.2. The minimum absolute atomic E-state index is 0.407. The monoisotopic (exact) mass is 353 g/mol. The maximum absolute atomic E-state index is 5.86. The van der Waals surface area contributed by atoms with Gasteiger partial charge in [0.25, 0.3) is 0 Å². The third-order valence-corrected chi connectivity index (χ3v) is 5.18. The quantitative estimate of drug-likeness (QED) is 0.867. The summed E-state index contributed by atoms with van der Waals surface area (Å²) < 4.78 is 12.8. The molecule has 1 N–H and O–H groups in total. The molecule has 1 aliphatic carbocycles. The van der Waals surface area contributed by atoms with E-state index in [0.717, 1.165) is 48.1 Å². The number of rotatable bonds is 4. The van der Waals surface area contributed by atoms with Gasteiger partial charge in [-0.3, -0.25) is 0 Å². The second-order valence-electron chi connectivity index (χ2n) is 5.95. The van der Waals surface area contributed by atoms with Crippen LogP contribution in [0.2, 0.25) is 0 Å². The molecule has 0 spiro atoms. The lowest BCUT2D eigenvalue weighted by molar-refractivity contribution is 0.296. The first-order chi connectivity index (χ1) is 10.3. The number of ether oxygens (including phenoxy) is 2. The summed E-state index contributed by atoms with van der Waals surface area (Å²) >= 11 is 3.74. The first-order valence-corrected chi connectivity index (χ1v) is 8.91. The fourth-order valence-corrected chi connectivity index (χ4v) is 4.05. The summed E-state index contributed by atoms with van der Waals surface area (Å²) in [4.78, 5) is 0. The van der Waals surface area contributed by atoms with E-state index in [1.165, 1.54) is 31.2 Å². The molecule has 1 aromatic rings. The van der Waals surface area contributed by atoms with Crippen molar-refractivity contribution in [2.45, 2.75) is 45.1 Å². The van der Waals surface area contributed by atoms with Crippen LogP contribution in [-0.2, 0) is 0 Å². The molecule has 1 aliphatic heterocycles. The predicted octanol–water partition coefficient (Wildman–Crippen LogP) is 4.45. The normalized spacial score (nSPS) is 20.3. The Morgan fingerprint density at radius 1 is 1.14 bits per heavy atom. The molecule has 2 aliphatic rings. The van der Waals surface area contributed by atoms with Gasteiger partial charge in [-0.15, -0.1) is 0 Å². The van der Waals surface area contributed by atoms with Crippen LogP contribution in [0.3, 0.4) is 0 Å². The van der Waals surface area contributed by atoms with E-state index in [0.29, 0.717) is 6.04 Å². The number of hydrogen-bond acceptors (Lipinski definition) is 3. The van der Waals surface area contributed by atoms with Gasteiger partial charge in [-0.25, -0.2) is 0 Å². The van der Waals surface area contributed by atoms with Crippen LogP contribution < -0.4 is 14.8 Å². The van der Waals surface area contributed by atoms with Crippen LogP contribution in [0.5, 0.6) is 11.5 Å². The Balaban J connectivity index is 1.92. The van der Waals surface area contributed by atoms with Gasteiger partial charge in [0.1, 0.15) is 0 Å². The third-order valence-electron chi connectivity index (χ3n) is 4.50. The van der Waals surface area contributed by atoms with Gasteiger partial charge in [-0.1, -0.05) is 35.7 Å². The molecule has 4 heteroatoms. The van der Waals surface area contributed by atoms with E-state index in [1.807, 2.05) is 0 Å². The Labute approximate surface area is 135 Å². The van der Waals surface area contributed by atoms with Crippen molar-refractivity contribution in [3.05, 3.63) is 22.2 Å². The molecule has 0 amide bonds. The molecule has 0 radical (unpaired) electrons. The van der Waals surface area contributed by atoms with Gasteiger partial charge in [-0.05, 0) is 43.0 Å². The van der Waals surface area contributed by atoms with Gasteiger partial charge in [-0.2, -0.15) is 0 Å². The fourth-order valence-electron chi connectivity index (χ4n) is 3.48. The average molecular weight is 354 g/mol. The highest BCUT2D eigenvalue weighted by atomic mass is 79.9. The standard InChI is InChI=1S/C17H24BrNO2/c1-2-19-17(12-6-3-4-7-12)13-10-15-16(11-14(13)18)21-9-5-8-20-15/h10-12,17,19H,2-9H2,1H3. The van der Waals surface area contributed by atoms with Crippen LogP contribution in [0.15, 0.2) is 16.6 Å². The topological polar surface area (TPSA) is 30.5 Å². The van der Waals surface area contributed by atoms with Crippen molar-refractivity contribution in [3.63, 3.8) is 0 Å². The summed E-state index contributed by atoms with van der Waals surface area (Å²) in [6.07, 6.45) is 6.29. The van der Waals surface area contributed by atoms with Crippen LogP contribution in [0.1, 0.15) is 50.6 Å². The van der Waals surface area contributed by atoms with E-state index >= 15 is 0 Å². The van der Waals surface area contributed by atoms with Crippen molar-refractivity contribution in [1.29, 1.82) is 0 Å². The maximum atomic E-state index is 5.86. The summed E-state index contributed by atoms with van der Waals surface area (Å²) in [5.41, 5.74) is 1.31. The first kappa shape index (κ1) is 15.2. The number of fused-ring (bicyclic) bond motifs is 1. The molecular weight excluding hydrogens is 330 g/mol. The van der Waals surface area contributed by atoms with E-state index in [4.69, 9.17) is 9.47 Å². The molecule has 3 nitrogen and oxygen atoms in total. The van der Waals surface area contributed by atoms with Crippen molar-refractivity contribution < 1.29 is 9.47 Å². The van der Waals surface area contributed by atoms with Crippen molar-refractivity contribution in [3.8, 4) is 11.5 Å². The van der Waals surface area contributed by atoms with E-state index in [2.05, 4.69) is 40.3 Å². The average Bonchev–Trinajstić information content (AvgIpc) is 2.91. The van der Waals surface area contributed by atoms with Crippen LogP contribution in [-0.4, -0.2) is 19.8 Å². The summed E-state index contributed by atoms with van der Waals surface area (Å²) in [5, 5.41) is 3.68. The smallest absolute Gasteiger partial charge is 0.162 e. The van der Waals surface area contributed by atoms with Crippen LogP contribution in [0.4, 0.5) is 0 Å². The molecule has 3 rings (SSSR count). The Bertz CT molecular complexity index is 486. The maximum Gasteiger partial charge on any atom is 0.162 e. The minimum atomic E-state index is 0.407. The zero-order chi connectivity index (χ0) is 14.7. The molecule has 116 valence electrons. The largest absolute Gasteiger partial charge is 0.490 e. The molecule has 1 heterocycles. The summed E-state index contributed by atoms with van der Waals surface area (Å²) in [6.45, 7) is 4.64. The highest BCUT2D eigenvalue weighted by molar-refractivity contribution is 9.10. The Kier molecular flexibility index (Phi) is 5.07. The second kappa shape index (κ2) is 7.01. The molecule has 0 aromatic heterocycles. The molecular formula is C17H24BrNO2. The van der Waals surface area contributed by atoms with Crippen molar-refractivity contribution >= 4 is 15.9 Å². The molecule has 1 unspecified atom stereocenters. The SMILES string of the molecule is CCNC(c1cc2c(cc1Br)OCCCO2)C1CCCC1.